The van der Waals surface area contributed by atoms with Gasteiger partial charge in [0.15, 0.2) is 0 Å². The molecule has 2 atom stereocenters. The summed E-state index contributed by atoms with van der Waals surface area (Å²) < 4.78 is 5.29. The van der Waals surface area contributed by atoms with Crippen LogP contribution in [0.15, 0.2) is 0 Å². The summed E-state index contributed by atoms with van der Waals surface area (Å²) in [5.41, 5.74) is 0. The Morgan fingerprint density at radius 3 is 2.93 bits per heavy atom. The van der Waals surface area contributed by atoms with E-state index in [2.05, 4.69) is 10.6 Å². The molecule has 0 bridgehead atoms. The molecule has 1 fully saturated rings. The first-order valence-electron chi connectivity index (χ1n) is 5.30. The standard InChI is InChI=1S/C10H20N2O2/c1-3-11-7-10(13)12-8-5-4-6-9(8)14-2/h8-9,11H,3-7H2,1-2H3,(H,12,13). The Balaban J connectivity index is 2.25. The van der Waals surface area contributed by atoms with Gasteiger partial charge >= 0.3 is 0 Å². The van der Waals surface area contributed by atoms with Gasteiger partial charge in [-0.3, -0.25) is 4.79 Å². The van der Waals surface area contributed by atoms with E-state index < -0.39 is 0 Å². The summed E-state index contributed by atoms with van der Waals surface area (Å²) in [6.45, 7) is 3.22. The number of methoxy groups -OCH3 is 1. The van der Waals surface area contributed by atoms with Gasteiger partial charge in [-0.15, -0.1) is 0 Å². The van der Waals surface area contributed by atoms with E-state index in [-0.39, 0.29) is 18.1 Å². The minimum Gasteiger partial charge on any atom is -0.379 e. The molecule has 0 aromatic heterocycles. The minimum absolute atomic E-state index is 0.0702. The zero-order chi connectivity index (χ0) is 10.4. The lowest BCUT2D eigenvalue weighted by molar-refractivity contribution is -0.121. The van der Waals surface area contributed by atoms with Crippen molar-refractivity contribution in [3.8, 4) is 0 Å². The van der Waals surface area contributed by atoms with Gasteiger partial charge < -0.3 is 15.4 Å². The molecule has 1 saturated carbocycles. The highest BCUT2D eigenvalue weighted by molar-refractivity contribution is 5.78. The van der Waals surface area contributed by atoms with E-state index in [0.29, 0.717) is 6.54 Å². The SMILES string of the molecule is CCNCC(=O)NC1CCCC1OC. The van der Waals surface area contributed by atoms with Gasteiger partial charge in [0, 0.05) is 7.11 Å². The maximum absolute atomic E-state index is 11.4. The molecule has 1 amide bonds. The van der Waals surface area contributed by atoms with Gasteiger partial charge in [0.05, 0.1) is 18.7 Å². The molecule has 2 N–H and O–H groups in total. The second-order valence-corrected chi connectivity index (χ2v) is 3.66. The van der Waals surface area contributed by atoms with Crippen LogP contribution in [0.2, 0.25) is 0 Å². The van der Waals surface area contributed by atoms with Gasteiger partial charge in [-0.2, -0.15) is 0 Å². The highest BCUT2D eigenvalue weighted by atomic mass is 16.5. The zero-order valence-electron chi connectivity index (χ0n) is 9.01. The molecule has 14 heavy (non-hydrogen) atoms. The second kappa shape index (κ2) is 5.98. The van der Waals surface area contributed by atoms with Crippen molar-refractivity contribution in [1.82, 2.24) is 10.6 Å². The van der Waals surface area contributed by atoms with Gasteiger partial charge in [-0.25, -0.2) is 0 Å². The largest absolute Gasteiger partial charge is 0.379 e. The second-order valence-electron chi connectivity index (χ2n) is 3.66. The molecule has 0 heterocycles. The van der Waals surface area contributed by atoms with Gasteiger partial charge in [0.1, 0.15) is 0 Å². The van der Waals surface area contributed by atoms with E-state index in [0.717, 1.165) is 25.8 Å². The molecule has 0 radical (unpaired) electrons. The minimum atomic E-state index is 0.0702. The summed E-state index contributed by atoms with van der Waals surface area (Å²) in [5.74, 6) is 0.0702. The predicted octanol–water partition coefficient (Wildman–Crippen LogP) is 0.280. The van der Waals surface area contributed by atoms with Crippen molar-refractivity contribution in [2.45, 2.75) is 38.3 Å². The van der Waals surface area contributed by atoms with Crippen molar-refractivity contribution in [2.75, 3.05) is 20.2 Å². The Bertz CT molecular complexity index is 185. The lowest BCUT2D eigenvalue weighted by Crippen LogP contribution is -2.44. The maximum atomic E-state index is 11.4. The van der Waals surface area contributed by atoms with E-state index in [4.69, 9.17) is 4.74 Å². The fraction of sp³-hybridized carbons (Fsp3) is 0.900. The van der Waals surface area contributed by atoms with Gasteiger partial charge in [0.25, 0.3) is 0 Å². The van der Waals surface area contributed by atoms with Crippen LogP contribution in [0.3, 0.4) is 0 Å². The first-order chi connectivity index (χ1) is 6.77. The molecule has 1 aliphatic carbocycles. The lowest BCUT2D eigenvalue weighted by Gasteiger charge is -2.19. The molecule has 4 nitrogen and oxygen atoms in total. The number of ether oxygens (including phenoxy) is 1. The van der Waals surface area contributed by atoms with Gasteiger partial charge in [-0.1, -0.05) is 6.92 Å². The molecule has 0 aromatic rings. The molecule has 4 heteroatoms. The predicted molar refractivity (Wildman–Crippen MR) is 55.1 cm³/mol. The lowest BCUT2D eigenvalue weighted by atomic mass is 10.2. The summed E-state index contributed by atoms with van der Waals surface area (Å²) in [4.78, 5) is 11.4. The number of hydrogen-bond acceptors (Lipinski definition) is 3. The van der Waals surface area contributed by atoms with Crippen molar-refractivity contribution in [3.05, 3.63) is 0 Å². The summed E-state index contributed by atoms with van der Waals surface area (Å²) in [7, 11) is 1.71. The first kappa shape index (κ1) is 11.5. The quantitative estimate of drug-likeness (QED) is 0.670. The van der Waals surface area contributed by atoms with E-state index in [1.807, 2.05) is 6.92 Å². The van der Waals surface area contributed by atoms with E-state index in [1.165, 1.54) is 0 Å². The molecular weight excluding hydrogens is 180 g/mol. The number of hydrogen-bond donors (Lipinski definition) is 2. The zero-order valence-corrected chi connectivity index (χ0v) is 9.01. The Morgan fingerprint density at radius 2 is 2.29 bits per heavy atom. The van der Waals surface area contributed by atoms with Gasteiger partial charge in [0.2, 0.25) is 5.91 Å². The van der Waals surface area contributed by atoms with Crippen LogP contribution in [-0.2, 0) is 9.53 Å². The number of amides is 1. The van der Waals surface area contributed by atoms with Crippen LogP contribution in [-0.4, -0.2) is 38.3 Å². The first-order valence-corrected chi connectivity index (χ1v) is 5.30. The monoisotopic (exact) mass is 200 g/mol. The molecule has 82 valence electrons. The Labute approximate surface area is 85.4 Å². The Hall–Kier alpha value is -0.610. The van der Waals surface area contributed by atoms with Crippen molar-refractivity contribution in [2.24, 2.45) is 0 Å². The molecule has 1 aliphatic rings. The van der Waals surface area contributed by atoms with Crippen LogP contribution in [0, 0.1) is 0 Å². The third-order valence-electron chi connectivity index (χ3n) is 2.64. The summed E-state index contributed by atoms with van der Waals surface area (Å²) >= 11 is 0. The molecule has 0 saturated heterocycles. The topological polar surface area (TPSA) is 50.4 Å². The molecule has 0 spiro atoms. The Morgan fingerprint density at radius 1 is 1.50 bits per heavy atom. The summed E-state index contributed by atoms with van der Waals surface area (Å²) in [5, 5.41) is 5.99. The Kier molecular flexibility index (Phi) is 4.90. The molecule has 2 unspecified atom stereocenters. The van der Waals surface area contributed by atoms with E-state index >= 15 is 0 Å². The average Bonchev–Trinajstić information content (AvgIpc) is 2.62. The van der Waals surface area contributed by atoms with Crippen LogP contribution < -0.4 is 10.6 Å². The maximum Gasteiger partial charge on any atom is 0.234 e. The fourth-order valence-electron chi connectivity index (χ4n) is 1.87. The molecular formula is C10H20N2O2. The highest BCUT2D eigenvalue weighted by Crippen LogP contribution is 2.21. The number of carbonyl (C=O) groups is 1. The van der Waals surface area contributed by atoms with Gasteiger partial charge in [-0.05, 0) is 25.8 Å². The van der Waals surface area contributed by atoms with Crippen LogP contribution >= 0.6 is 0 Å². The molecule has 0 aliphatic heterocycles. The normalized spacial score (nSPS) is 26.4. The average molecular weight is 200 g/mol. The summed E-state index contributed by atoms with van der Waals surface area (Å²) in [6, 6.07) is 0.214. The molecule has 0 aromatic carbocycles. The third kappa shape index (κ3) is 3.27. The highest BCUT2D eigenvalue weighted by Gasteiger charge is 2.27. The van der Waals surface area contributed by atoms with Crippen LogP contribution in [0.5, 0.6) is 0 Å². The smallest absolute Gasteiger partial charge is 0.234 e. The molecule has 1 rings (SSSR count). The summed E-state index contributed by atoms with van der Waals surface area (Å²) in [6.07, 6.45) is 3.45. The number of rotatable bonds is 5. The van der Waals surface area contributed by atoms with Crippen LogP contribution in [0.4, 0.5) is 0 Å². The van der Waals surface area contributed by atoms with Crippen LogP contribution in [0.1, 0.15) is 26.2 Å². The van der Waals surface area contributed by atoms with Crippen molar-refractivity contribution in [1.29, 1.82) is 0 Å². The number of carbonyl (C=O) groups excluding carboxylic acids is 1. The van der Waals surface area contributed by atoms with E-state index in [1.54, 1.807) is 7.11 Å². The number of likely N-dealkylation sites (N-methyl/N-ethyl adjacent to an activating group) is 1. The van der Waals surface area contributed by atoms with Crippen molar-refractivity contribution >= 4 is 5.91 Å². The van der Waals surface area contributed by atoms with Crippen LogP contribution in [0.25, 0.3) is 0 Å². The van der Waals surface area contributed by atoms with E-state index in [9.17, 15) is 4.79 Å². The van der Waals surface area contributed by atoms with Crippen molar-refractivity contribution in [3.63, 3.8) is 0 Å². The third-order valence-corrected chi connectivity index (χ3v) is 2.64. The number of nitrogens with one attached hydrogen (secondary N) is 2. The fourth-order valence-corrected chi connectivity index (χ4v) is 1.87. The van der Waals surface area contributed by atoms with Crippen molar-refractivity contribution < 1.29 is 9.53 Å².